The zero-order chi connectivity index (χ0) is 17.6. The molecule has 25 heavy (non-hydrogen) atoms. The Balaban J connectivity index is 1.60. The number of piperidine rings is 2. The Kier molecular flexibility index (Phi) is 5.90. The van der Waals surface area contributed by atoms with Gasteiger partial charge in [-0.25, -0.2) is 4.79 Å². The van der Waals surface area contributed by atoms with E-state index in [0.717, 1.165) is 44.1 Å². The van der Waals surface area contributed by atoms with E-state index in [1.807, 2.05) is 35.2 Å². The third kappa shape index (κ3) is 4.30. The molecular formula is C21H27NO3. The number of amides is 1. The van der Waals surface area contributed by atoms with Crippen molar-refractivity contribution in [1.82, 2.24) is 4.90 Å². The number of ether oxygens (including phenoxy) is 1. The van der Waals surface area contributed by atoms with Crippen LogP contribution in [0.1, 0.15) is 50.5 Å². The fraction of sp³-hybridized carbons (Fsp3) is 0.524. The number of ketones is 1. The van der Waals surface area contributed by atoms with E-state index in [-0.39, 0.29) is 24.1 Å². The molecule has 3 rings (SSSR count). The minimum Gasteiger partial charge on any atom is -0.445 e. The number of nitrogens with zero attached hydrogens (tertiary/aromatic N) is 1. The van der Waals surface area contributed by atoms with Gasteiger partial charge in [0.25, 0.3) is 0 Å². The molecule has 0 radical (unpaired) electrons. The van der Waals surface area contributed by atoms with Gasteiger partial charge in [0, 0.05) is 24.4 Å². The maximum Gasteiger partial charge on any atom is 0.410 e. The van der Waals surface area contributed by atoms with Crippen LogP contribution in [0.4, 0.5) is 4.79 Å². The van der Waals surface area contributed by atoms with Gasteiger partial charge in [0.15, 0.2) is 0 Å². The highest BCUT2D eigenvalue weighted by Crippen LogP contribution is 2.38. The Hall–Kier alpha value is -2.10. The first-order valence-corrected chi connectivity index (χ1v) is 9.31. The maximum atomic E-state index is 12.6. The number of benzene rings is 1. The highest BCUT2D eigenvalue weighted by atomic mass is 16.6. The van der Waals surface area contributed by atoms with E-state index in [0.29, 0.717) is 18.8 Å². The number of hydrogen-bond acceptors (Lipinski definition) is 3. The SMILES string of the molecule is C=CCCC(=O)C1CC2CCCC(C1)N2C(=O)OCc1ccccc1. The number of carbonyl (C=O) groups excluding carboxylic acids is 2. The van der Waals surface area contributed by atoms with Crippen molar-refractivity contribution < 1.29 is 14.3 Å². The van der Waals surface area contributed by atoms with Crippen LogP contribution in [0.5, 0.6) is 0 Å². The first-order valence-electron chi connectivity index (χ1n) is 9.31. The van der Waals surface area contributed by atoms with Gasteiger partial charge in [0.2, 0.25) is 0 Å². The standard InChI is InChI=1S/C21H27NO3/c1-2-3-12-20(23)17-13-18-10-7-11-19(14-17)22(18)21(24)25-15-16-8-5-4-6-9-16/h2,4-6,8-9,17-19H,1,3,7,10-15H2. The molecule has 2 saturated heterocycles. The molecular weight excluding hydrogens is 314 g/mol. The molecule has 134 valence electrons. The zero-order valence-electron chi connectivity index (χ0n) is 14.7. The Bertz CT molecular complexity index is 599. The average molecular weight is 341 g/mol. The van der Waals surface area contributed by atoms with Crippen LogP contribution in [-0.4, -0.2) is 28.9 Å². The van der Waals surface area contributed by atoms with Gasteiger partial charge in [-0.05, 0) is 44.1 Å². The summed E-state index contributed by atoms with van der Waals surface area (Å²) >= 11 is 0. The van der Waals surface area contributed by atoms with Crippen LogP contribution in [-0.2, 0) is 16.1 Å². The minimum absolute atomic E-state index is 0.0911. The van der Waals surface area contributed by atoms with Crippen molar-refractivity contribution in [3.8, 4) is 0 Å². The molecule has 4 heteroatoms. The molecule has 2 fully saturated rings. The van der Waals surface area contributed by atoms with Crippen LogP contribution in [0, 0.1) is 5.92 Å². The molecule has 4 nitrogen and oxygen atoms in total. The van der Waals surface area contributed by atoms with Crippen LogP contribution in [0.25, 0.3) is 0 Å². The molecule has 0 spiro atoms. The second-order valence-electron chi connectivity index (χ2n) is 7.15. The molecule has 2 aliphatic rings. The Labute approximate surface area is 149 Å². The molecule has 0 aromatic heterocycles. The van der Waals surface area contributed by atoms with Crippen molar-refractivity contribution in [3.05, 3.63) is 48.6 Å². The van der Waals surface area contributed by atoms with Gasteiger partial charge in [0.05, 0.1) is 0 Å². The molecule has 0 aliphatic carbocycles. The van der Waals surface area contributed by atoms with Gasteiger partial charge >= 0.3 is 6.09 Å². The van der Waals surface area contributed by atoms with Crippen molar-refractivity contribution in [1.29, 1.82) is 0 Å². The molecule has 2 bridgehead atoms. The third-order valence-electron chi connectivity index (χ3n) is 5.44. The number of carbonyl (C=O) groups is 2. The molecule has 0 N–H and O–H groups in total. The zero-order valence-corrected chi connectivity index (χ0v) is 14.7. The van der Waals surface area contributed by atoms with Crippen molar-refractivity contribution in [2.75, 3.05) is 0 Å². The van der Waals surface area contributed by atoms with Crippen LogP contribution in [0.15, 0.2) is 43.0 Å². The largest absolute Gasteiger partial charge is 0.445 e. The van der Waals surface area contributed by atoms with Crippen LogP contribution in [0.2, 0.25) is 0 Å². The van der Waals surface area contributed by atoms with Crippen molar-refractivity contribution in [3.63, 3.8) is 0 Å². The smallest absolute Gasteiger partial charge is 0.410 e. The second-order valence-corrected chi connectivity index (χ2v) is 7.15. The molecule has 1 aromatic carbocycles. The third-order valence-corrected chi connectivity index (χ3v) is 5.44. The lowest BCUT2D eigenvalue weighted by molar-refractivity contribution is -0.126. The molecule has 0 saturated carbocycles. The van der Waals surface area contributed by atoms with Gasteiger partial charge in [-0.3, -0.25) is 4.79 Å². The van der Waals surface area contributed by atoms with Gasteiger partial charge in [-0.2, -0.15) is 0 Å². The van der Waals surface area contributed by atoms with E-state index in [2.05, 4.69) is 6.58 Å². The van der Waals surface area contributed by atoms with Gasteiger partial charge in [0.1, 0.15) is 12.4 Å². The van der Waals surface area contributed by atoms with Crippen molar-refractivity contribution in [2.45, 2.75) is 63.6 Å². The van der Waals surface area contributed by atoms with E-state index in [9.17, 15) is 9.59 Å². The normalized spacial score (nSPS) is 25.3. The Morgan fingerprint density at radius 3 is 2.48 bits per heavy atom. The lowest BCUT2D eigenvalue weighted by Gasteiger charge is -2.47. The van der Waals surface area contributed by atoms with Gasteiger partial charge in [-0.15, -0.1) is 6.58 Å². The van der Waals surface area contributed by atoms with Gasteiger partial charge < -0.3 is 9.64 Å². The van der Waals surface area contributed by atoms with Crippen molar-refractivity contribution >= 4 is 11.9 Å². The molecule has 2 heterocycles. The number of Topliss-reactive ketones (excluding diaryl/α,β-unsaturated/α-hetero) is 1. The van der Waals surface area contributed by atoms with E-state index in [4.69, 9.17) is 4.74 Å². The van der Waals surface area contributed by atoms with Crippen molar-refractivity contribution in [2.24, 2.45) is 5.92 Å². The fourth-order valence-electron chi connectivity index (χ4n) is 4.18. The molecule has 2 unspecified atom stereocenters. The number of rotatable bonds is 6. The average Bonchev–Trinajstić information content (AvgIpc) is 2.64. The predicted octanol–water partition coefficient (Wildman–Crippen LogP) is 4.49. The second kappa shape index (κ2) is 8.32. The summed E-state index contributed by atoms with van der Waals surface area (Å²) in [6.07, 6.45) is 7.54. The Morgan fingerprint density at radius 2 is 1.84 bits per heavy atom. The van der Waals surface area contributed by atoms with E-state index in [1.165, 1.54) is 0 Å². The molecule has 1 amide bonds. The maximum absolute atomic E-state index is 12.6. The monoisotopic (exact) mass is 341 g/mol. The lowest BCUT2D eigenvalue weighted by atomic mass is 9.76. The summed E-state index contributed by atoms with van der Waals surface area (Å²) in [7, 11) is 0. The topological polar surface area (TPSA) is 46.6 Å². The minimum atomic E-state index is -0.226. The summed E-state index contributed by atoms with van der Waals surface area (Å²) in [5.41, 5.74) is 0.996. The number of fused-ring (bicyclic) bond motifs is 2. The van der Waals surface area contributed by atoms with E-state index < -0.39 is 0 Å². The number of allylic oxidation sites excluding steroid dienone is 1. The predicted molar refractivity (Wildman–Crippen MR) is 97.1 cm³/mol. The van der Waals surface area contributed by atoms with Crippen LogP contribution in [0.3, 0.4) is 0 Å². The lowest BCUT2D eigenvalue weighted by Crippen LogP contribution is -2.55. The van der Waals surface area contributed by atoms with Crippen LogP contribution >= 0.6 is 0 Å². The fourth-order valence-corrected chi connectivity index (χ4v) is 4.18. The highest BCUT2D eigenvalue weighted by molar-refractivity contribution is 5.81. The first kappa shape index (κ1) is 17.7. The summed E-state index contributed by atoms with van der Waals surface area (Å²) in [6.45, 7) is 4.00. The van der Waals surface area contributed by atoms with E-state index >= 15 is 0 Å². The summed E-state index contributed by atoms with van der Waals surface area (Å²) in [6, 6.07) is 10.0. The summed E-state index contributed by atoms with van der Waals surface area (Å²) in [5.74, 6) is 0.419. The van der Waals surface area contributed by atoms with E-state index in [1.54, 1.807) is 6.08 Å². The summed E-state index contributed by atoms with van der Waals surface area (Å²) in [5, 5.41) is 0. The molecule has 2 aliphatic heterocycles. The number of hydrogen-bond donors (Lipinski definition) is 0. The van der Waals surface area contributed by atoms with Gasteiger partial charge in [-0.1, -0.05) is 36.4 Å². The highest BCUT2D eigenvalue weighted by Gasteiger charge is 2.43. The van der Waals surface area contributed by atoms with Crippen LogP contribution < -0.4 is 0 Å². The molecule has 2 atom stereocenters. The molecule has 1 aromatic rings. The summed E-state index contributed by atoms with van der Waals surface area (Å²) < 4.78 is 5.55. The quantitative estimate of drug-likeness (QED) is 0.716. The first-order chi connectivity index (χ1) is 12.2. The Morgan fingerprint density at radius 1 is 1.16 bits per heavy atom. The summed E-state index contributed by atoms with van der Waals surface area (Å²) in [4.78, 5) is 27.0.